The van der Waals surface area contributed by atoms with Gasteiger partial charge in [-0.1, -0.05) is 0 Å². The van der Waals surface area contributed by atoms with Crippen LogP contribution in [-0.2, 0) is 0 Å². The molecule has 0 spiro atoms. The molecule has 1 saturated heterocycles. The van der Waals surface area contributed by atoms with E-state index >= 15 is 0 Å². The van der Waals surface area contributed by atoms with Crippen LogP contribution in [0, 0.1) is 0 Å². The van der Waals surface area contributed by atoms with Gasteiger partial charge in [0, 0.05) is 18.5 Å². The number of pyridine rings is 1. The fourth-order valence-corrected chi connectivity index (χ4v) is 3.34. The van der Waals surface area contributed by atoms with E-state index in [1.165, 1.54) is 30.5 Å². The van der Waals surface area contributed by atoms with Crippen LogP contribution in [0.2, 0.25) is 0 Å². The quantitative estimate of drug-likeness (QED) is 0.754. The fraction of sp³-hybridized carbons (Fsp3) is 0.267. The number of hydrogen-bond acceptors (Lipinski definition) is 7. The second-order valence-electron chi connectivity index (χ2n) is 5.42. The number of H-pyrrole nitrogens is 1. The summed E-state index contributed by atoms with van der Waals surface area (Å²) >= 11 is 1.33. The van der Waals surface area contributed by atoms with E-state index < -0.39 is 0 Å². The third-order valence-electron chi connectivity index (χ3n) is 3.82. The van der Waals surface area contributed by atoms with Crippen LogP contribution in [0.1, 0.15) is 23.3 Å². The molecule has 1 amide bonds. The van der Waals surface area contributed by atoms with Gasteiger partial charge in [0.2, 0.25) is 0 Å². The van der Waals surface area contributed by atoms with Crippen molar-refractivity contribution in [1.29, 1.82) is 0 Å². The van der Waals surface area contributed by atoms with Gasteiger partial charge in [-0.15, -0.1) is 11.3 Å². The molecule has 24 heavy (non-hydrogen) atoms. The maximum atomic E-state index is 12.3. The highest BCUT2D eigenvalue weighted by molar-refractivity contribution is 7.13. The highest BCUT2D eigenvalue weighted by atomic mass is 32.1. The van der Waals surface area contributed by atoms with Gasteiger partial charge in [0.25, 0.3) is 5.91 Å². The fourth-order valence-electron chi connectivity index (χ4n) is 2.60. The lowest BCUT2D eigenvalue weighted by Gasteiger charge is -2.17. The van der Waals surface area contributed by atoms with E-state index in [4.69, 9.17) is 0 Å². The van der Waals surface area contributed by atoms with Crippen LogP contribution < -0.4 is 10.2 Å². The van der Waals surface area contributed by atoms with Gasteiger partial charge in [-0.3, -0.25) is 9.89 Å². The number of carbonyl (C=O) groups is 1. The van der Waals surface area contributed by atoms with Crippen LogP contribution in [0.25, 0.3) is 10.8 Å². The second-order valence-corrected chi connectivity index (χ2v) is 6.28. The van der Waals surface area contributed by atoms with Crippen LogP contribution in [0.4, 0.5) is 11.5 Å². The zero-order chi connectivity index (χ0) is 16.4. The summed E-state index contributed by atoms with van der Waals surface area (Å²) in [4.78, 5) is 27.2. The average molecular weight is 341 g/mol. The van der Waals surface area contributed by atoms with E-state index in [0.717, 1.165) is 18.8 Å². The van der Waals surface area contributed by atoms with Crippen LogP contribution in [-0.4, -0.2) is 44.1 Å². The Hall–Kier alpha value is -2.81. The van der Waals surface area contributed by atoms with Gasteiger partial charge in [0.05, 0.1) is 11.9 Å². The smallest absolute Gasteiger partial charge is 0.276 e. The Morgan fingerprint density at radius 1 is 1.25 bits per heavy atom. The molecule has 0 unspecified atom stereocenters. The molecule has 122 valence electrons. The number of hydrogen-bond donors (Lipinski definition) is 2. The average Bonchev–Trinajstić information content (AvgIpc) is 3.35. The van der Waals surface area contributed by atoms with Crippen molar-refractivity contribution < 1.29 is 4.79 Å². The van der Waals surface area contributed by atoms with Crippen LogP contribution in [0.3, 0.4) is 0 Å². The number of carbonyl (C=O) groups excluding carboxylic acids is 1. The molecule has 2 N–H and O–H groups in total. The predicted octanol–water partition coefficient (Wildman–Crippen LogP) is 2.18. The Morgan fingerprint density at radius 2 is 2.12 bits per heavy atom. The maximum absolute atomic E-state index is 12.3. The van der Waals surface area contributed by atoms with Crippen LogP contribution in [0.15, 0.2) is 30.0 Å². The van der Waals surface area contributed by atoms with Gasteiger partial charge in [-0.25, -0.2) is 15.0 Å². The third kappa shape index (κ3) is 2.98. The number of nitrogens with one attached hydrogen (secondary N) is 2. The van der Waals surface area contributed by atoms with Gasteiger partial charge in [0.1, 0.15) is 17.8 Å². The van der Waals surface area contributed by atoms with E-state index in [0.29, 0.717) is 22.3 Å². The molecule has 1 aliphatic rings. The van der Waals surface area contributed by atoms with Crippen molar-refractivity contribution in [2.75, 3.05) is 23.3 Å². The van der Waals surface area contributed by atoms with Crippen molar-refractivity contribution in [1.82, 2.24) is 25.1 Å². The monoisotopic (exact) mass is 341 g/mol. The molecule has 0 radical (unpaired) electrons. The first-order valence-electron chi connectivity index (χ1n) is 7.63. The van der Waals surface area contributed by atoms with Crippen molar-refractivity contribution in [3.8, 4) is 10.8 Å². The van der Waals surface area contributed by atoms with Gasteiger partial charge in [-0.2, -0.15) is 5.10 Å². The van der Waals surface area contributed by atoms with Gasteiger partial charge >= 0.3 is 0 Å². The maximum Gasteiger partial charge on any atom is 0.276 e. The Labute approximate surface area is 142 Å². The van der Waals surface area contributed by atoms with E-state index in [9.17, 15) is 4.79 Å². The van der Waals surface area contributed by atoms with Crippen molar-refractivity contribution in [3.05, 3.63) is 35.7 Å². The largest absolute Gasteiger partial charge is 0.370 e. The summed E-state index contributed by atoms with van der Waals surface area (Å²) in [6.45, 7) is 2.13. The molecule has 1 aliphatic heterocycles. The van der Waals surface area contributed by atoms with Crippen LogP contribution in [0.5, 0.6) is 0 Å². The molecule has 0 aromatic carbocycles. The highest BCUT2D eigenvalue weighted by Crippen LogP contribution is 2.22. The normalized spacial score (nSPS) is 14.1. The molecule has 0 atom stereocenters. The first kappa shape index (κ1) is 14.8. The summed E-state index contributed by atoms with van der Waals surface area (Å²) in [7, 11) is 0. The van der Waals surface area contributed by atoms with Gasteiger partial charge < -0.3 is 10.2 Å². The summed E-state index contributed by atoms with van der Waals surface area (Å²) in [5.41, 5.74) is 1.42. The number of amides is 1. The molecule has 9 heteroatoms. The van der Waals surface area contributed by atoms with Crippen molar-refractivity contribution >= 4 is 28.7 Å². The lowest BCUT2D eigenvalue weighted by atomic mass is 10.3. The molecule has 3 aromatic heterocycles. The Bertz CT molecular complexity index is 822. The summed E-state index contributed by atoms with van der Waals surface area (Å²) in [5.74, 6) is 0.766. The molecular formula is C15H15N7OS. The van der Waals surface area contributed by atoms with Gasteiger partial charge in [0.15, 0.2) is 10.8 Å². The zero-order valence-electron chi connectivity index (χ0n) is 12.8. The second kappa shape index (κ2) is 6.36. The summed E-state index contributed by atoms with van der Waals surface area (Å²) in [5, 5.41) is 11.6. The van der Waals surface area contributed by atoms with Gasteiger partial charge in [-0.05, 0) is 25.0 Å². The van der Waals surface area contributed by atoms with Crippen molar-refractivity contribution in [2.24, 2.45) is 0 Å². The minimum absolute atomic E-state index is 0.293. The van der Waals surface area contributed by atoms with Crippen molar-refractivity contribution in [2.45, 2.75) is 12.8 Å². The summed E-state index contributed by atoms with van der Waals surface area (Å²) < 4.78 is 0. The molecule has 0 bridgehead atoms. The third-order valence-corrected chi connectivity index (χ3v) is 4.66. The molecule has 0 saturated carbocycles. The SMILES string of the molecule is O=C(Nc1ccc(N2CCCC2)cn1)c1csc(-c2ncn[nH]2)n1. The lowest BCUT2D eigenvalue weighted by Crippen LogP contribution is -2.18. The van der Waals surface area contributed by atoms with Crippen LogP contribution >= 0.6 is 11.3 Å². The number of thiazole rings is 1. The van der Waals surface area contributed by atoms with E-state index in [1.807, 2.05) is 12.1 Å². The Morgan fingerprint density at radius 3 is 2.83 bits per heavy atom. The first-order valence-corrected chi connectivity index (χ1v) is 8.51. The Balaban J connectivity index is 1.44. The summed E-state index contributed by atoms with van der Waals surface area (Å²) in [6, 6.07) is 3.80. The standard InChI is InChI=1S/C15H15N7OS/c23-14(11-8-24-15(19-11)13-17-9-18-21-13)20-12-4-3-10(7-16-12)22-5-1-2-6-22/h3-4,7-9H,1-2,5-6H2,(H,16,20,23)(H,17,18,21). The molecule has 4 heterocycles. The van der Waals surface area contributed by atoms with E-state index in [2.05, 4.69) is 35.4 Å². The first-order chi connectivity index (χ1) is 11.8. The number of nitrogens with zero attached hydrogens (tertiary/aromatic N) is 5. The Kier molecular flexibility index (Phi) is 3.91. The molecule has 1 fully saturated rings. The minimum atomic E-state index is -0.293. The van der Waals surface area contributed by atoms with Crippen molar-refractivity contribution in [3.63, 3.8) is 0 Å². The minimum Gasteiger partial charge on any atom is -0.370 e. The molecule has 0 aliphatic carbocycles. The van der Waals surface area contributed by atoms with E-state index in [1.54, 1.807) is 11.6 Å². The molecule has 8 nitrogen and oxygen atoms in total. The highest BCUT2D eigenvalue weighted by Gasteiger charge is 2.15. The molecule has 4 rings (SSSR count). The van der Waals surface area contributed by atoms with E-state index in [-0.39, 0.29) is 5.91 Å². The molecular weight excluding hydrogens is 326 g/mol. The predicted molar refractivity (Wildman–Crippen MR) is 91.1 cm³/mol. The lowest BCUT2D eigenvalue weighted by molar-refractivity contribution is 0.102. The number of aromatic amines is 1. The topological polar surface area (TPSA) is 99.7 Å². The number of aromatic nitrogens is 5. The number of rotatable bonds is 4. The number of anilines is 2. The summed E-state index contributed by atoms with van der Waals surface area (Å²) in [6.07, 6.45) is 5.63. The zero-order valence-corrected chi connectivity index (χ0v) is 13.6. The molecule has 3 aromatic rings.